The van der Waals surface area contributed by atoms with Gasteiger partial charge in [0.25, 0.3) is 0 Å². The van der Waals surface area contributed by atoms with Gasteiger partial charge in [-0.1, -0.05) is 34.1 Å². The van der Waals surface area contributed by atoms with Crippen LogP contribution in [0.1, 0.15) is 0 Å². The highest BCUT2D eigenvalue weighted by Crippen LogP contribution is 2.07. The first-order valence-corrected chi connectivity index (χ1v) is 10.8. The van der Waals surface area contributed by atoms with Crippen molar-refractivity contribution in [1.29, 1.82) is 0 Å². The zero-order chi connectivity index (χ0) is 20.0. The van der Waals surface area contributed by atoms with Gasteiger partial charge in [0.2, 0.25) is 0 Å². The van der Waals surface area contributed by atoms with Crippen molar-refractivity contribution in [3.05, 3.63) is 30.3 Å². The SMILES string of the molecule is BrCCOCCOCCOCCOCCOCCOCCOc1ccccc1. The summed E-state index contributed by atoms with van der Waals surface area (Å²) in [4.78, 5) is 0. The second kappa shape index (κ2) is 21.0. The molecule has 0 radical (unpaired) electrons. The lowest BCUT2D eigenvalue weighted by Gasteiger charge is -2.08. The van der Waals surface area contributed by atoms with Gasteiger partial charge in [0.05, 0.1) is 79.3 Å². The van der Waals surface area contributed by atoms with Gasteiger partial charge >= 0.3 is 0 Å². The molecule has 0 atom stereocenters. The third-order valence-corrected chi connectivity index (χ3v) is 3.64. The molecule has 162 valence electrons. The van der Waals surface area contributed by atoms with Crippen LogP contribution in [-0.2, 0) is 28.4 Å². The minimum atomic E-state index is 0.531. The second-order valence-electron chi connectivity index (χ2n) is 5.52. The molecular formula is C20H33BrO7. The molecule has 8 heteroatoms. The summed E-state index contributed by atoms with van der Waals surface area (Å²) >= 11 is 3.29. The van der Waals surface area contributed by atoms with E-state index in [9.17, 15) is 0 Å². The van der Waals surface area contributed by atoms with E-state index in [-0.39, 0.29) is 0 Å². The van der Waals surface area contributed by atoms with Crippen LogP contribution in [0.25, 0.3) is 0 Å². The molecule has 0 spiro atoms. The molecule has 0 fully saturated rings. The van der Waals surface area contributed by atoms with E-state index in [0.29, 0.717) is 85.9 Å². The number of alkyl halides is 1. The van der Waals surface area contributed by atoms with Gasteiger partial charge in [-0.25, -0.2) is 0 Å². The first-order chi connectivity index (χ1) is 13.9. The number of hydrogen-bond acceptors (Lipinski definition) is 7. The van der Waals surface area contributed by atoms with Crippen LogP contribution in [-0.4, -0.2) is 91.2 Å². The van der Waals surface area contributed by atoms with Gasteiger partial charge in [-0.05, 0) is 12.1 Å². The summed E-state index contributed by atoms with van der Waals surface area (Å²) in [6, 6.07) is 9.69. The third-order valence-electron chi connectivity index (χ3n) is 3.32. The Bertz CT molecular complexity index is 422. The van der Waals surface area contributed by atoms with Gasteiger partial charge in [-0.3, -0.25) is 0 Å². The van der Waals surface area contributed by atoms with Crippen LogP contribution in [0.5, 0.6) is 5.75 Å². The van der Waals surface area contributed by atoms with Gasteiger partial charge in [-0.2, -0.15) is 0 Å². The predicted molar refractivity (Wildman–Crippen MR) is 111 cm³/mol. The molecule has 0 aliphatic carbocycles. The van der Waals surface area contributed by atoms with E-state index in [2.05, 4.69) is 15.9 Å². The third kappa shape index (κ3) is 17.4. The number of halogens is 1. The Morgan fingerprint density at radius 2 is 0.821 bits per heavy atom. The van der Waals surface area contributed by atoms with Crippen LogP contribution in [0.3, 0.4) is 0 Å². The molecule has 0 saturated carbocycles. The monoisotopic (exact) mass is 464 g/mol. The summed E-state index contributed by atoms with van der Waals surface area (Å²) in [5, 5.41) is 0.847. The lowest BCUT2D eigenvalue weighted by atomic mass is 10.3. The van der Waals surface area contributed by atoms with Gasteiger partial charge in [-0.15, -0.1) is 0 Å². The molecule has 1 aromatic rings. The Labute approximate surface area is 176 Å². The van der Waals surface area contributed by atoms with Gasteiger partial charge in [0.15, 0.2) is 0 Å². The van der Waals surface area contributed by atoms with Crippen LogP contribution in [0.4, 0.5) is 0 Å². The van der Waals surface area contributed by atoms with Crippen LogP contribution in [0.15, 0.2) is 30.3 Å². The van der Waals surface area contributed by atoms with Gasteiger partial charge in [0, 0.05) is 5.33 Å². The predicted octanol–water partition coefficient (Wildman–Crippen LogP) is 2.56. The molecule has 0 unspecified atom stereocenters. The van der Waals surface area contributed by atoms with Crippen molar-refractivity contribution in [3.8, 4) is 5.75 Å². The summed E-state index contributed by atoms with van der Waals surface area (Å²) in [5.41, 5.74) is 0. The molecule has 0 saturated heterocycles. The summed E-state index contributed by atoms with van der Waals surface area (Å²) in [6.45, 7) is 7.38. The van der Waals surface area contributed by atoms with E-state index in [1.54, 1.807) is 0 Å². The smallest absolute Gasteiger partial charge is 0.119 e. The van der Waals surface area contributed by atoms with E-state index in [1.807, 2.05) is 30.3 Å². The molecule has 0 aromatic heterocycles. The minimum absolute atomic E-state index is 0.531. The highest BCUT2D eigenvalue weighted by Gasteiger charge is 1.95. The summed E-state index contributed by atoms with van der Waals surface area (Å²) in [6.07, 6.45) is 0. The molecule has 28 heavy (non-hydrogen) atoms. The van der Waals surface area contributed by atoms with Crippen molar-refractivity contribution in [2.24, 2.45) is 0 Å². The maximum Gasteiger partial charge on any atom is 0.119 e. The fraction of sp³-hybridized carbons (Fsp3) is 0.700. The fourth-order valence-corrected chi connectivity index (χ4v) is 2.22. The Balaban J connectivity index is 1.67. The molecule has 0 aliphatic rings. The zero-order valence-electron chi connectivity index (χ0n) is 16.5. The second-order valence-corrected chi connectivity index (χ2v) is 6.32. The standard InChI is InChI=1S/C20H33BrO7/c21-6-7-22-8-9-23-10-11-24-12-13-25-14-15-26-16-17-27-18-19-28-20-4-2-1-3-5-20/h1-5H,6-19H2. The van der Waals surface area contributed by atoms with Crippen LogP contribution >= 0.6 is 15.9 Å². The highest BCUT2D eigenvalue weighted by atomic mass is 79.9. The lowest BCUT2D eigenvalue weighted by Crippen LogP contribution is -2.14. The summed E-state index contributed by atoms with van der Waals surface area (Å²) in [7, 11) is 0. The zero-order valence-corrected chi connectivity index (χ0v) is 18.1. The fourth-order valence-electron chi connectivity index (χ4n) is 1.99. The normalized spacial score (nSPS) is 11.0. The van der Waals surface area contributed by atoms with Gasteiger partial charge in [0.1, 0.15) is 12.4 Å². The van der Waals surface area contributed by atoms with Crippen molar-refractivity contribution < 1.29 is 33.2 Å². The maximum atomic E-state index is 5.53. The Kier molecular flexibility index (Phi) is 19.0. The van der Waals surface area contributed by atoms with Crippen LogP contribution in [0.2, 0.25) is 0 Å². The quantitative estimate of drug-likeness (QED) is 0.204. The molecular weight excluding hydrogens is 432 g/mol. The molecule has 1 aromatic carbocycles. The van der Waals surface area contributed by atoms with Crippen molar-refractivity contribution in [2.75, 3.05) is 91.2 Å². The van der Waals surface area contributed by atoms with E-state index in [0.717, 1.165) is 11.1 Å². The number of ether oxygens (including phenoxy) is 7. The Morgan fingerprint density at radius 1 is 0.464 bits per heavy atom. The van der Waals surface area contributed by atoms with Crippen LogP contribution in [0, 0.1) is 0 Å². The summed E-state index contributed by atoms with van der Waals surface area (Å²) in [5.74, 6) is 0.853. The lowest BCUT2D eigenvalue weighted by molar-refractivity contribution is -0.0172. The maximum absolute atomic E-state index is 5.53. The minimum Gasteiger partial charge on any atom is -0.491 e. The molecule has 0 amide bonds. The number of hydrogen-bond donors (Lipinski definition) is 0. The van der Waals surface area contributed by atoms with Crippen molar-refractivity contribution in [1.82, 2.24) is 0 Å². The Hall–Kier alpha value is -0.740. The number of rotatable bonds is 21. The topological polar surface area (TPSA) is 64.6 Å². The largest absolute Gasteiger partial charge is 0.491 e. The molecule has 1 rings (SSSR count). The van der Waals surface area contributed by atoms with E-state index >= 15 is 0 Å². The van der Waals surface area contributed by atoms with Gasteiger partial charge < -0.3 is 33.2 Å². The molecule has 0 aliphatic heterocycles. The molecule has 7 nitrogen and oxygen atoms in total. The Morgan fingerprint density at radius 3 is 1.21 bits per heavy atom. The first kappa shape index (κ1) is 25.3. The number of para-hydroxylation sites is 1. The average molecular weight is 465 g/mol. The number of benzene rings is 1. The van der Waals surface area contributed by atoms with Crippen molar-refractivity contribution in [3.63, 3.8) is 0 Å². The summed E-state index contributed by atoms with van der Waals surface area (Å²) < 4.78 is 37.9. The van der Waals surface area contributed by atoms with E-state index in [4.69, 9.17) is 33.2 Å². The molecule has 0 heterocycles. The molecule has 0 N–H and O–H groups in total. The van der Waals surface area contributed by atoms with Crippen molar-refractivity contribution in [2.45, 2.75) is 0 Å². The van der Waals surface area contributed by atoms with E-state index in [1.165, 1.54) is 0 Å². The molecule has 0 bridgehead atoms. The van der Waals surface area contributed by atoms with E-state index < -0.39 is 0 Å². The average Bonchev–Trinajstić information content (AvgIpc) is 2.73. The highest BCUT2D eigenvalue weighted by molar-refractivity contribution is 9.09. The van der Waals surface area contributed by atoms with Crippen molar-refractivity contribution >= 4 is 15.9 Å². The van der Waals surface area contributed by atoms with Crippen LogP contribution < -0.4 is 4.74 Å². The first-order valence-electron chi connectivity index (χ1n) is 9.63.